The van der Waals surface area contributed by atoms with E-state index in [1.54, 1.807) is 0 Å². The van der Waals surface area contributed by atoms with E-state index in [2.05, 4.69) is 4.72 Å². The first-order valence-electron chi connectivity index (χ1n) is 6.34. The standard InChI is InChI=1S/C13H18FNO5S/c1-3-6-13(2,18)8-15-21(19,20)11-5-4-9(12(16)17)7-10(11)14/h4-5,7,15,18H,3,6,8H2,1-2H3,(H,16,17). The smallest absolute Gasteiger partial charge is 0.335 e. The van der Waals surface area contributed by atoms with Gasteiger partial charge in [-0.3, -0.25) is 0 Å². The van der Waals surface area contributed by atoms with Crippen LogP contribution in [0, 0.1) is 5.82 Å². The van der Waals surface area contributed by atoms with Crippen LogP contribution in [0.25, 0.3) is 0 Å². The van der Waals surface area contributed by atoms with Crippen molar-refractivity contribution in [1.82, 2.24) is 4.72 Å². The number of carboxylic acid groups (broad SMARTS) is 1. The van der Waals surface area contributed by atoms with Gasteiger partial charge in [0.25, 0.3) is 0 Å². The Labute approximate surface area is 122 Å². The fourth-order valence-electron chi connectivity index (χ4n) is 1.81. The minimum absolute atomic E-state index is 0.261. The molecule has 0 aliphatic carbocycles. The van der Waals surface area contributed by atoms with Gasteiger partial charge in [0.15, 0.2) is 0 Å². The monoisotopic (exact) mass is 319 g/mol. The highest BCUT2D eigenvalue weighted by atomic mass is 32.2. The maximum Gasteiger partial charge on any atom is 0.335 e. The van der Waals surface area contributed by atoms with Crippen molar-refractivity contribution in [3.8, 4) is 0 Å². The van der Waals surface area contributed by atoms with Gasteiger partial charge in [-0.25, -0.2) is 22.3 Å². The lowest BCUT2D eigenvalue weighted by Gasteiger charge is -2.22. The summed E-state index contributed by atoms with van der Waals surface area (Å²) in [6, 6.07) is 2.53. The van der Waals surface area contributed by atoms with Crippen LogP contribution in [0.1, 0.15) is 37.0 Å². The summed E-state index contributed by atoms with van der Waals surface area (Å²) in [4.78, 5) is 10.0. The van der Waals surface area contributed by atoms with Crippen molar-refractivity contribution >= 4 is 16.0 Å². The molecule has 0 amide bonds. The Morgan fingerprint density at radius 3 is 2.52 bits per heavy atom. The summed E-state index contributed by atoms with van der Waals surface area (Å²) in [6.45, 7) is 3.06. The van der Waals surface area contributed by atoms with E-state index in [-0.39, 0.29) is 12.1 Å². The number of aromatic carboxylic acids is 1. The second-order valence-corrected chi connectivity index (χ2v) is 6.76. The van der Waals surface area contributed by atoms with Crippen LogP contribution in [0.3, 0.4) is 0 Å². The third-order valence-corrected chi connectivity index (χ3v) is 4.33. The van der Waals surface area contributed by atoms with Crippen LogP contribution < -0.4 is 4.72 Å². The molecule has 0 fully saturated rings. The van der Waals surface area contributed by atoms with E-state index in [1.807, 2.05) is 6.92 Å². The Morgan fingerprint density at radius 2 is 2.05 bits per heavy atom. The molecular weight excluding hydrogens is 301 g/mol. The van der Waals surface area contributed by atoms with Crippen molar-refractivity contribution in [3.05, 3.63) is 29.6 Å². The first kappa shape index (κ1) is 17.5. The van der Waals surface area contributed by atoms with Gasteiger partial charge in [0.1, 0.15) is 10.7 Å². The Hall–Kier alpha value is -1.51. The lowest BCUT2D eigenvalue weighted by molar-refractivity contribution is 0.0554. The first-order chi connectivity index (χ1) is 9.59. The molecule has 0 heterocycles. The van der Waals surface area contributed by atoms with Crippen LogP contribution in [0.15, 0.2) is 23.1 Å². The van der Waals surface area contributed by atoms with E-state index in [1.165, 1.54) is 6.92 Å². The van der Waals surface area contributed by atoms with Crippen molar-refractivity contribution < 1.29 is 27.8 Å². The fraction of sp³-hybridized carbons (Fsp3) is 0.462. The summed E-state index contributed by atoms with van der Waals surface area (Å²) in [5.41, 5.74) is -1.58. The predicted molar refractivity (Wildman–Crippen MR) is 74.1 cm³/mol. The van der Waals surface area contributed by atoms with Gasteiger partial charge in [0.2, 0.25) is 10.0 Å². The maximum absolute atomic E-state index is 13.7. The molecule has 0 aromatic heterocycles. The Kier molecular flexibility index (Phi) is 5.43. The second-order valence-electron chi connectivity index (χ2n) is 5.02. The third-order valence-electron chi connectivity index (χ3n) is 2.90. The van der Waals surface area contributed by atoms with Crippen molar-refractivity contribution in [2.75, 3.05) is 6.54 Å². The maximum atomic E-state index is 13.7. The van der Waals surface area contributed by atoms with Crippen LogP contribution in [0.5, 0.6) is 0 Å². The molecule has 8 heteroatoms. The van der Waals surface area contributed by atoms with Crippen molar-refractivity contribution in [1.29, 1.82) is 0 Å². The van der Waals surface area contributed by atoms with E-state index >= 15 is 0 Å². The zero-order valence-electron chi connectivity index (χ0n) is 11.8. The van der Waals surface area contributed by atoms with E-state index < -0.39 is 32.3 Å². The predicted octanol–water partition coefficient (Wildman–Crippen LogP) is 1.35. The van der Waals surface area contributed by atoms with Gasteiger partial charge >= 0.3 is 5.97 Å². The molecule has 0 bridgehead atoms. The molecule has 0 aliphatic heterocycles. The first-order valence-corrected chi connectivity index (χ1v) is 7.82. The normalized spacial score (nSPS) is 14.7. The van der Waals surface area contributed by atoms with Crippen LogP contribution in [-0.2, 0) is 10.0 Å². The molecule has 0 saturated heterocycles. The lowest BCUT2D eigenvalue weighted by Crippen LogP contribution is -2.40. The van der Waals surface area contributed by atoms with Crippen molar-refractivity contribution in [3.63, 3.8) is 0 Å². The van der Waals surface area contributed by atoms with Gasteiger partial charge in [-0.2, -0.15) is 0 Å². The summed E-state index contributed by atoms with van der Waals surface area (Å²) in [5, 5.41) is 18.6. The molecule has 3 N–H and O–H groups in total. The number of hydrogen-bond donors (Lipinski definition) is 3. The quantitative estimate of drug-likeness (QED) is 0.704. The number of sulfonamides is 1. The van der Waals surface area contributed by atoms with Gasteiger partial charge < -0.3 is 10.2 Å². The third kappa shape index (κ3) is 4.76. The molecule has 1 atom stereocenters. The van der Waals surface area contributed by atoms with Crippen LogP contribution in [0.2, 0.25) is 0 Å². The number of carbonyl (C=O) groups is 1. The second kappa shape index (κ2) is 6.50. The number of hydrogen-bond acceptors (Lipinski definition) is 4. The Bertz CT molecular complexity index is 627. The zero-order chi connectivity index (χ0) is 16.3. The summed E-state index contributed by atoms with van der Waals surface area (Å²) < 4.78 is 39.8. The lowest BCUT2D eigenvalue weighted by atomic mass is 10.0. The minimum atomic E-state index is -4.16. The summed E-state index contributed by atoms with van der Waals surface area (Å²) in [7, 11) is -4.16. The molecule has 0 aliphatic rings. The summed E-state index contributed by atoms with van der Waals surface area (Å²) in [5.74, 6) is -2.51. The number of halogens is 1. The highest BCUT2D eigenvalue weighted by Gasteiger charge is 2.25. The minimum Gasteiger partial charge on any atom is -0.478 e. The van der Waals surface area contributed by atoms with Crippen molar-refractivity contribution in [2.45, 2.75) is 37.2 Å². The van der Waals surface area contributed by atoms with Gasteiger partial charge in [-0.05, 0) is 31.5 Å². The molecule has 1 rings (SSSR count). The number of benzene rings is 1. The van der Waals surface area contributed by atoms with E-state index in [0.717, 1.165) is 12.1 Å². The molecule has 1 aromatic carbocycles. The Balaban J connectivity index is 2.96. The number of aliphatic hydroxyl groups is 1. The highest BCUT2D eigenvalue weighted by molar-refractivity contribution is 7.89. The van der Waals surface area contributed by atoms with E-state index in [4.69, 9.17) is 5.11 Å². The molecule has 0 radical (unpaired) electrons. The zero-order valence-corrected chi connectivity index (χ0v) is 12.6. The Morgan fingerprint density at radius 1 is 1.43 bits per heavy atom. The molecule has 0 spiro atoms. The topological polar surface area (TPSA) is 104 Å². The molecule has 0 saturated carbocycles. The largest absolute Gasteiger partial charge is 0.478 e. The molecule has 118 valence electrons. The van der Waals surface area contributed by atoms with Crippen LogP contribution >= 0.6 is 0 Å². The molecule has 6 nitrogen and oxygen atoms in total. The molecule has 1 unspecified atom stereocenters. The van der Waals surface area contributed by atoms with Gasteiger partial charge in [0.05, 0.1) is 11.2 Å². The fourth-order valence-corrected chi connectivity index (χ4v) is 3.03. The van der Waals surface area contributed by atoms with E-state index in [0.29, 0.717) is 18.9 Å². The molecular formula is C13H18FNO5S. The number of carboxylic acids is 1. The van der Waals surface area contributed by atoms with E-state index in [9.17, 15) is 22.7 Å². The summed E-state index contributed by atoms with van der Waals surface area (Å²) in [6.07, 6.45) is 1.05. The number of rotatable bonds is 7. The SMILES string of the molecule is CCCC(C)(O)CNS(=O)(=O)c1ccc(C(=O)O)cc1F. The molecule has 1 aromatic rings. The summed E-state index contributed by atoms with van der Waals surface area (Å²) >= 11 is 0. The van der Waals surface area contributed by atoms with Gasteiger partial charge in [0, 0.05) is 6.54 Å². The average Bonchev–Trinajstić information content (AvgIpc) is 2.36. The number of nitrogens with one attached hydrogen (secondary N) is 1. The molecule has 21 heavy (non-hydrogen) atoms. The van der Waals surface area contributed by atoms with Crippen LogP contribution in [0.4, 0.5) is 4.39 Å². The van der Waals surface area contributed by atoms with Crippen LogP contribution in [-0.4, -0.2) is 36.7 Å². The highest BCUT2D eigenvalue weighted by Crippen LogP contribution is 2.17. The van der Waals surface area contributed by atoms with Gasteiger partial charge in [-0.1, -0.05) is 13.3 Å². The van der Waals surface area contributed by atoms with Gasteiger partial charge in [-0.15, -0.1) is 0 Å². The van der Waals surface area contributed by atoms with Crippen molar-refractivity contribution in [2.24, 2.45) is 0 Å². The average molecular weight is 319 g/mol.